The van der Waals surface area contributed by atoms with Crippen LogP contribution in [0.3, 0.4) is 0 Å². The van der Waals surface area contributed by atoms with Gasteiger partial charge in [0.15, 0.2) is 0 Å². The Morgan fingerprint density at radius 3 is 2.81 bits per heavy atom. The first-order chi connectivity index (χ1) is 7.79. The van der Waals surface area contributed by atoms with Crippen LogP contribution in [0.15, 0.2) is 12.7 Å². The average Bonchev–Trinajstić information content (AvgIpc) is 3.02. The first kappa shape index (κ1) is 12.1. The molecular weight excluding hydrogens is 196 g/mol. The molecular formula is C14H26N2. The van der Waals surface area contributed by atoms with E-state index in [9.17, 15) is 0 Å². The summed E-state index contributed by atoms with van der Waals surface area (Å²) in [5.74, 6) is 0. The third kappa shape index (κ3) is 2.86. The fourth-order valence-corrected chi connectivity index (χ4v) is 3.11. The highest BCUT2D eigenvalue weighted by Gasteiger charge is 2.38. The van der Waals surface area contributed by atoms with Gasteiger partial charge in [-0.15, -0.1) is 6.58 Å². The van der Waals surface area contributed by atoms with Crippen molar-refractivity contribution in [2.24, 2.45) is 0 Å². The molecule has 0 aromatic heterocycles. The van der Waals surface area contributed by atoms with E-state index in [2.05, 4.69) is 29.8 Å². The van der Waals surface area contributed by atoms with Gasteiger partial charge in [0.1, 0.15) is 0 Å². The fourth-order valence-electron chi connectivity index (χ4n) is 3.11. The standard InChI is InChI=1S/C14H26N2/c1-3-8-14(9-5-10-15-14)12-16(11-4-2)13-6-7-13/h4,13,15H,2-3,5-12H2,1H3. The van der Waals surface area contributed by atoms with Crippen molar-refractivity contribution in [2.75, 3.05) is 19.6 Å². The fraction of sp³-hybridized carbons (Fsp3) is 0.857. The van der Waals surface area contributed by atoms with Crippen LogP contribution in [0, 0.1) is 0 Å². The maximum absolute atomic E-state index is 3.89. The van der Waals surface area contributed by atoms with Gasteiger partial charge in [0.2, 0.25) is 0 Å². The highest BCUT2D eigenvalue weighted by atomic mass is 15.2. The molecule has 1 aliphatic carbocycles. The summed E-state index contributed by atoms with van der Waals surface area (Å²) in [6.45, 7) is 9.71. The molecule has 0 spiro atoms. The van der Waals surface area contributed by atoms with Gasteiger partial charge in [-0.05, 0) is 38.6 Å². The summed E-state index contributed by atoms with van der Waals surface area (Å²) in [6.07, 6.45) is 10.2. The highest BCUT2D eigenvalue weighted by Crippen LogP contribution is 2.32. The molecule has 2 rings (SSSR count). The zero-order chi connectivity index (χ0) is 11.4. The molecule has 2 fully saturated rings. The number of nitrogens with one attached hydrogen (secondary N) is 1. The SMILES string of the molecule is C=CCN(CC1(CCC)CCCN1)C1CC1. The molecule has 0 bridgehead atoms. The quantitative estimate of drug-likeness (QED) is 0.666. The molecule has 1 atom stereocenters. The molecule has 1 unspecified atom stereocenters. The molecule has 1 saturated heterocycles. The normalized spacial score (nSPS) is 29.9. The monoisotopic (exact) mass is 222 g/mol. The van der Waals surface area contributed by atoms with Crippen LogP contribution in [-0.4, -0.2) is 36.1 Å². The van der Waals surface area contributed by atoms with Gasteiger partial charge in [-0.25, -0.2) is 0 Å². The van der Waals surface area contributed by atoms with Gasteiger partial charge in [0, 0.05) is 24.7 Å². The average molecular weight is 222 g/mol. The molecule has 2 heteroatoms. The second-order valence-corrected chi connectivity index (χ2v) is 5.51. The largest absolute Gasteiger partial charge is 0.310 e. The topological polar surface area (TPSA) is 15.3 Å². The summed E-state index contributed by atoms with van der Waals surface area (Å²) in [6, 6.07) is 0.856. The Morgan fingerprint density at radius 1 is 1.50 bits per heavy atom. The van der Waals surface area contributed by atoms with Crippen molar-refractivity contribution in [3.05, 3.63) is 12.7 Å². The van der Waals surface area contributed by atoms with Crippen molar-refractivity contribution in [1.29, 1.82) is 0 Å². The molecule has 1 aliphatic heterocycles. The van der Waals surface area contributed by atoms with Gasteiger partial charge in [-0.3, -0.25) is 4.90 Å². The molecule has 1 N–H and O–H groups in total. The van der Waals surface area contributed by atoms with Crippen molar-refractivity contribution < 1.29 is 0 Å². The van der Waals surface area contributed by atoms with Crippen LogP contribution in [-0.2, 0) is 0 Å². The van der Waals surface area contributed by atoms with E-state index in [1.807, 2.05) is 0 Å². The van der Waals surface area contributed by atoms with Gasteiger partial charge in [-0.2, -0.15) is 0 Å². The van der Waals surface area contributed by atoms with Crippen LogP contribution < -0.4 is 5.32 Å². The summed E-state index contributed by atoms with van der Waals surface area (Å²) in [7, 11) is 0. The van der Waals surface area contributed by atoms with E-state index in [0.29, 0.717) is 5.54 Å². The van der Waals surface area contributed by atoms with Gasteiger partial charge in [0.25, 0.3) is 0 Å². The minimum absolute atomic E-state index is 0.417. The second-order valence-electron chi connectivity index (χ2n) is 5.51. The lowest BCUT2D eigenvalue weighted by molar-refractivity contribution is 0.190. The minimum Gasteiger partial charge on any atom is -0.310 e. The zero-order valence-electron chi connectivity index (χ0n) is 10.7. The van der Waals surface area contributed by atoms with E-state index in [1.165, 1.54) is 51.6 Å². The Labute approximate surface area is 100 Å². The molecule has 0 aromatic rings. The number of hydrogen-bond acceptors (Lipinski definition) is 2. The number of nitrogens with zero attached hydrogens (tertiary/aromatic N) is 1. The Hall–Kier alpha value is -0.340. The highest BCUT2D eigenvalue weighted by molar-refractivity contribution is 4.99. The van der Waals surface area contributed by atoms with Gasteiger partial charge in [-0.1, -0.05) is 19.4 Å². The van der Waals surface area contributed by atoms with E-state index >= 15 is 0 Å². The van der Waals surface area contributed by atoms with Crippen LogP contribution in [0.5, 0.6) is 0 Å². The van der Waals surface area contributed by atoms with Crippen LogP contribution in [0.4, 0.5) is 0 Å². The Bertz CT molecular complexity index is 227. The second kappa shape index (κ2) is 5.33. The smallest absolute Gasteiger partial charge is 0.0309 e. The third-order valence-corrected chi connectivity index (χ3v) is 3.99. The van der Waals surface area contributed by atoms with Gasteiger partial charge in [0.05, 0.1) is 0 Å². The number of rotatable bonds is 7. The molecule has 0 aromatic carbocycles. The van der Waals surface area contributed by atoms with Crippen molar-refractivity contribution in [3.8, 4) is 0 Å². The van der Waals surface area contributed by atoms with E-state index in [4.69, 9.17) is 0 Å². The van der Waals surface area contributed by atoms with Crippen molar-refractivity contribution >= 4 is 0 Å². The molecule has 1 heterocycles. The van der Waals surface area contributed by atoms with Crippen molar-refractivity contribution in [2.45, 2.75) is 57.0 Å². The molecule has 16 heavy (non-hydrogen) atoms. The predicted octanol–water partition coefficient (Wildman–Crippen LogP) is 2.56. The van der Waals surface area contributed by atoms with Crippen LogP contribution in [0.1, 0.15) is 45.4 Å². The summed E-state index contributed by atoms with van der Waals surface area (Å²) in [4.78, 5) is 2.64. The van der Waals surface area contributed by atoms with E-state index in [0.717, 1.165) is 12.6 Å². The summed E-state index contributed by atoms with van der Waals surface area (Å²) >= 11 is 0. The Kier molecular flexibility index (Phi) is 4.04. The Morgan fingerprint density at radius 2 is 2.31 bits per heavy atom. The molecule has 2 nitrogen and oxygen atoms in total. The zero-order valence-corrected chi connectivity index (χ0v) is 10.7. The first-order valence-corrected chi connectivity index (χ1v) is 6.89. The third-order valence-electron chi connectivity index (χ3n) is 3.99. The summed E-state index contributed by atoms with van der Waals surface area (Å²) < 4.78 is 0. The van der Waals surface area contributed by atoms with Gasteiger partial charge >= 0.3 is 0 Å². The summed E-state index contributed by atoms with van der Waals surface area (Å²) in [5.41, 5.74) is 0.417. The molecule has 1 saturated carbocycles. The lowest BCUT2D eigenvalue weighted by Gasteiger charge is -2.35. The van der Waals surface area contributed by atoms with Crippen LogP contribution in [0.25, 0.3) is 0 Å². The predicted molar refractivity (Wildman–Crippen MR) is 69.7 cm³/mol. The van der Waals surface area contributed by atoms with E-state index < -0.39 is 0 Å². The summed E-state index contributed by atoms with van der Waals surface area (Å²) in [5, 5.41) is 3.77. The molecule has 0 radical (unpaired) electrons. The lowest BCUT2D eigenvalue weighted by atomic mass is 9.91. The van der Waals surface area contributed by atoms with E-state index in [-0.39, 0.29) is 0 Å². The minimum atomic E-state index is 0.417. The van der Waals surface area contributed by atoms with Crippen LogP contribution in [0.2, 0.25) is 0 Å². The lowest BCUT2D eigenvalue weighted by Crippen LogP contribution is -2.50. The maximum atomic E-state index is 3.89. The molecule has 2 aliphatic rings. The van der Waals surface area contributed by atoms with Crippen molar-refractivity contribution in [3.63, 3.8) is 0 Å². The van der Waals surface area contributed by atoms with Gasteiger partial charge < -0.3 is 5.32 Å². The maximum Gasteiger partial charge on any atom is 0.0309 e. The molecule has 92 valence electrons. The van der Waals surface area contributed by atoms with E-state index in [1.54, 1.807) is 0 Å². The number of hydrogen-bond donors (Lipinski definition) is 1. The van der Waals surface area contributed by atoms with Crippen molar-refractivity contribution in [1.82, 2.24) is 10.2 Å². The van der Waals surface area contributed by atoms with Crippen LogP contribution >= 0.6 is 0 Å². The Balaban J connectivity index is 1.94. The first-order valence-electron chi connectivity index (χ1n) is 6.89. The molecule has 0 amide bonds.